The third kappa shape index (κ3) is 38.0. The molecule has 0 unspecified atom stereocenters. The average Bonchev–Trinajstić information content (AvgIpc) is 1.41. The molecule has 1 rings (SSSR count). The van der Waals surface area contributed by atoms with E-state index in [0.29, 0.717) is 12.8 Å². The number of likely N-dealkylation sites (N-methyl/N-ethyl adjacent to an activating group) is 1. The van der Waals surface area contributed by atoms with Crippen LogP contribution in [0.5, 0.6) is 0 Å². The van der Waals surface area contributed by atoms with Gasteiger partial charge in [-0.3, -0.25) is 101 Å². The van der Waals surface area contributed by atoms with Gasteiger partial charge in [0.15, 0.2) is 0 Å². The third-order valence-electron chi connectivity index (χ3n) is 15.5. The van der Waals surface area contributed by atoms with Gasteiger partial charge in [-0.2, -0.15) is 0 Å². The van der Waals surface area contributed by atoms with Crippen molar-refractivity contribution in [3.63, 3.8) is 0 Å². The van der Waals surface area contributed by atoms with Crippen LogP contribution in [0.3, 0.4) is 0 Å². The first-order valence-electron chi connectivity index (χ1n) is 33.0. The van der Waals surface area contributed by atoms with E-state index >= 15 is 0 Å². The van der Waals surface area contributed by atoms with Gasteiger partial charge in [0.25, 0.3) is 0 Å². The van der Waals surface area contributed by atoms with Crippen LogP contribution in [0.25, 0.3) is 0 Å². The summed E-state index contributed by atoms with van der Waals surface area (Å²) in [5.41, 5.74) is 5.72. The van der Waals surface area contributed by atoms with E-state index in [1.807, 2.05) is 13.8 Å². The maximum absolute atomic E-state index is 14.2. The zero-order chi connectivity index (χ0) is 79.8. The first-order chi connectivity index (χ1) is 49.1. The summed E-state index contributed by atoms with van der Waals surface area (Å²) < 4.78 is 5.43. The van der Waals surface area contributed by atoms with Gasteiger partial charge in [-0.25, -0.2) is 0 Å². The Kier molecular flexibility index (Phi) is 41.9. The molecule has 0 spiro atoms. The van der Waals surface area contributed by atoms with E-state index in [1.54, 1.807) is 0 Å². The molecule has 12 amide bonds. The lowest BCUT2D eigenvalue weighted by Crippen LogP contribution is -2.60. The van der Waals surface area contributed by atoms with Crippen LogP contribution >= 0.6 is 0 Å². The Bertz CT molecular complexity index is 3150. The quantitative estimate of drug-likeness (QED) is 0.0252. The van der Waals surface area contributed by atoms with Gasteiger partial charge < -0.3 is 120 Å². The fourth-order valence-electron chi connectivity index (χ4n) is 9.98. The number of nitrogens with two attached hydrogens (primary N) is 1. The van der Waals surface area contributed by atoms with E-state index in [2.05, 4.69) is 58.5 Å². The van der Waals surface area contributed by atoms with E-state index in [0.717, 1.165) is 0 Å². The van der Waals surface area contributed by atoms with Gasteiger partial charge in [-0.1, -0.05) is 13.8 Å². The van der Waals surface area contributed by atoms with Gasteiger partial charge in [0.2, 0.25) is 70.9 Å². The number of aliphatic carboxylic acids is 9. The van der Waals surface area contributed by atoms with Crippen molar-refractivity contribution < 1.29 is 151 Å². The maximum Gasteiger partial charge on any atom is 0.303 e. The maximum atomic E-state index is 14.2. The van der Waals surface area contributed by atoms with Gasteiger partial charge in [0.1, 0.15) is 67.0 Å². The number of hydrogen-bond donors (Lipinski definition) is 21. The molecular weight excluding hydrogens is 1410 g/mol. The van der Waals surface area contributed by atoms with Crippen LogP contribution in [-0.2, 0) is 105 Å². The molecule has 44 heteroatoms. The standard InChI is InChI=1S/C61H93N13O31/c1-29(2)27-39(52(95)63-3)73-61(104)40-5-4-25-74(40)41(75)28-105-26-24-64-53(96)31(7-16-43(78)79)66-55(98)33(9-18-45(82)83)68-57(100)35(11-20-47(86)87)70-59(102)37(13-22-49(90)91)72-60(103)38(14-23-50(92)93)71-58(101)36(12-21-48(88)89)69-56(99)34(10-19-46(84)85)67-54(97)32(8-17-44(80)81)65-51(94)30(62)6-15-42(76)77/h29-40H,4-28,62H2,1-3H3,(H,63,95)(H,64,96)(H,65,94)(H,66,98)(H,67,97)(H,68,100)(H,69,99)(H,70,102)(H,71,101)(H,72,103)(H,73,104)(H,76,77)(H,78,79)(H,80,81)(H,82,83)(H,84,85)(H,86,87)(H,88,89)(H,90,91)(H,92,93)/t30-,31-,32-,33-,34-,35-,36-,37-,38-,39+,40+/m1/s1. The fraction of sp³-hybridized carbons (Fsp3) is 0.656. The van der Waals surface area contributed by atoms with E-state index in [-0.39, 0.29) is 32.0 Å². The number of amides is 12. The lowest BCUT2D eigenvalue weighted by molar-refractivity contribution is -0.142. The molecule has 44 nitrogen and oxygen atoms in total. The molecule has 22 N–H and O–H groups in total. The predicted octanol–water partition coefficient (Wildman–Crippen LogP) is -6.62. The molecular formula is C61H93N13O31. The van der Waals surface area contributed by atoms with Crippen molar-refractivity contribution in [2.45, 2.75) is 215 Å². The number of nitrogens with zero attached hydrogens (tertiary/aromatic N) is 1. The van der Waals surface area contributed by atoms with Crippen LogP contribution in [0.2, 0.25) is 0 Å². The van der Waals surface area contributed by atoms with Crippen molar-refractivity contribution in [3.8, 4) is 0 Å². The number of rotatable bonds is 54. The first kappa shape index (κ1) is 91.8. The van der Waals surface area contributed by atoms with Crippen LogP contribution in [0.15, 0.2) is 0 Å². The molecule has 588 valence electrons. The summed E-state index contributed by atoms with van der Waals surface area (Å²) in [7, 11) is 1.41. The number of hydrogen-bond acceptors (Lipinski definition) is 23. The monoisotopic (exact) mass is 1500 g/mol. The number of nitrogens with one attached hydrogen (secondary N) is 11. The highest BCUT2D eigenvalue weighted by Crippen LogP contribution is 2.19. The summed E-state index contributed by atoms with van der Waals surface area (Å²) in [6.07, 6.45) is -14.1. The second-order valence-corrected chi connectivity index (χ2v) is 24.4. The molecule has 1 aliphatic rings. The number of ether oxygens (including phenoxy) is 1. The van der Waals surface area contributed by atoms with Crippen LogP contribution in [0.1, 0.15) is 149 Å². The summed E-state index contributed by atoms with van der Waals surface area (Å²) in [6, 6.07) is -19.6. The summed E-state index contributed by atoms with van der Waals surface area (Å²) in [5, 5.41) is 110. The van der Waals surface area contributed by atoms with Crippen LogP contribution in [0.4, 0.5) is 0 Å². The topological polar surface area (TPSA) is 711 Å². The molecule has 0 radical (unpaired) electrons. The smallest absolute Gasteiger partial charge is 0.303 e. The summed E-state index contributed by atoms with van der Waals surface area (Å²) in [5.74, 6) is -28.1. The number of carbonyl (C=O) groups is 21. The average molecular weight is 1500 g/mol. The number of carbonyl (C=O) groups excluding carboxylic acids is 12. The van der Waals surface area contributed by atoms with Gasteiger partial charge in [-0.15, -0.1) is 0 Å². The van der Waals surface area contributed by atoms with Crippen LogP contribution < -0.4 is 64.2 Å². The minimum atomic E-state index is -2.16. The Morgan fingerprint density at radius 2 is 0.638 bits per heavy atom. The molecule has 0 aromatic heterocycles. The van der Waals surface area contributed by atoms with Crippen molar-refractivity contribution in [1.82, 2.24) is 63.4 Å². The number of carboxylic acids is 9. The third-order valence-corrected chi connectivity index (χ3v) is 15.5. The van der Waals surface area contributed by atoms with Crippen molar-refractivity contribution in [3.05, 3.63) is 0 Å². The summed E-state index contributed by atoms with van der Waals surface area (Å²) in [4.78, 5) is 270. The highest BCUT2D eigenvalue weighted by molar-refractivity contribution is 5.99. The van der Waals surface area contributed by atoms with Crippen LogP contribution in [0, 0.1) is 5.92 Å². The largest absolute Gasteiger partial charge is 0.481 e. The Hall–Kier alpha value is -11.2. The molecule has 105 heavy (non-hydrogen) atoms. The minimum Gasteiger partial charge on any atom is -0.481 e. The summed E-state index contributed by atoms with van der Waals surface area (Å²) >= 11 is 0. The zero-order valence-corrected chi connectivity index (χ0v) is 57.6. The molecule has 0 aromatic rings. The van der Waals surface area contributed by atoms with Crippen molar-refractivity contribution >= 4 is 125 Å². The van der Waals surface area contributed by atoms with Gasteiger partial charge in [0, 0.05) is 77.9 Å². The SMILES string of the molecule is CNC(=O)[C@H](CC(C)C)NC(=O)[C@@H]1CCCN1C(=O)COCCNC(=O)[C@@H](CCC(=O)O)NC(=O)[C@@H](CCC(=O)O)NC(=O)[C@@H](CCC(=O)O)NC(=O)[C@@H](CCC(=O)O)NC(=O)[C@@H](CCC(=O)O)NC(=O)[C@@H](CCC(=O)O)NC(=O)[C@@H](CCC(=O)O)NC(=O)[C@@H](CCC(=O)O)NC(=O)[C@H](N)CCC(=O)O. The van der Waals surface area contributed by atoms with E-state index in [9.17, 15) is 142 Å². The van der Waals surface area contributed by atoms with Crippen molar-refractivity contribution in [2.75, 3.05) is 33.4 Å². The number of carboxylic acid groups (broad SMARTS) is 9. The fourth-order valence-corrected chi connectivity index (χ4v) is 9.98. The lowest BCUT2D eigenvalue weighted by atomic mass is 10.0. The lowest BCUT2D eigenvalue weighted by Gasteiger charge is -2.28. The molecule has 0 aliphatic carbocycles. The predicted molar refractivity (Wildman–Crippen MR) is 349 cm³/mol. The Morgan fingerprint density at radius 3 is 0.905 bits per heavy atom. The van der Waals surface area contributed by atoms with E-state index in [1.165, 1.54) is 11.9 Å². The van der Waals surface area contributed by atoms with Gasteiger partial charge in [0.05, 0.1) is 12.6 Å². The highest BCUT2D eigenvalue weighted by Gasteiger charge is 2.39. The molecule has 1 heterocycles. The Labute approximate surface area is 597 Å². The molecule has 0 aromatic carbocycles. The summed E-state index contributed by atoms with van der Waals surface area (Å²) in [6.45, 7) is 2.51. The Morgan fingerprint density at radius 1 is 0.371 bits per heavy atom. The first-order valence-corrected chi connectivity index (χ1v) is 33.0. The van der Waals surface area contributed by atoms with Crippen LogP contribution in [-0.4, -0.2) is 275 Å². The van der Waals surface area contributed by atoms with Gasteiger partial charge >= 0.3 is 53.7 Å². The minimum absolute atomic E-state index is 0.0265. The highest BCUT2D eigenvalue weighted by atomic mass is 16.5. The van der Waals surface area contributed by atoms with Crippen molar-refractivity contribution in [2.24, 2.45) is 11.7 Å². The molecule has 0 saturated carbocycles. The van der Waals surface area contributed by atoms with E-state index < -0.39 is 313 Å². The van der Waals surface area contributed by atoms with Gasteiger partial charge in [-0.05, 0) is 83.0 Å². The molecule has 0 bridgehead atoms. The molecule has 11 atom stereocenters. The molecule has 1 aliphatic heterocycles. The zero-order valence-electron chi connectivity index (χ0n) is 57.6. The number of likely N-dealkylation sites (tertiary alicyclic amines) is 1. The Balaban J connectivity index is 3.58. The van der Waals surface area contributed by atoms with E-state index in [4.69, 9.17) is 15.6 Å². The molecule has 1 fully saturated rings. The van der Waals surface area contributed by atoms with Crippen molar-refractivity contribution in [1.29, 1.82) is 0 Å². The molecule has 1 saturated heterocycles. The normalized spacial score (nSPS) is 15.2. The second-order valence-electron chi connectivity index (χ2n) is 24.4. The second kappa shape index (κ2) is 47.9.